The molecule has 1 saturated carbocycles. The lowest BCUT2D eigenvalue weighted by Gasteiger charge is -2.33. The Morgan fingerprint density at radius 3 is 2.44 bits per heavy atom. The van der Waals surface area contributed by atoms with Crippen LogP contribution in [0.25, 0.3) is 0 Å². The van der Waals surface area contributed by atoms with E-state index in [0.29, 0.717) is 13.2 Å². The van der Waals surface area contributed by atoms with Gasteiger partial charge in [0.25, 0.3) is 0 Å². The van der Waals surface area contributed by atoms with Crippen LogP contribution in [0.3, 0.4) is 0 Å². The Morgan fingerprint density at radius 1 is 1.19 bits per heavy atom. The van der Waals surface area contributed by atoms with E-state index in [9.17, 15) is 4.79 Å². The third kappa shape index (κ3) is 2.74. The molecule has 4 heteroatoms. The molecule has 0 aromatic heterocycles. The third-order valence-corrected chi connectivity index (χ3v) is 3.59. The van der Waals surface area contributed by atoms with Gasteiger partial charge in [-0.25, -0.2) is 0 Å². The average molecular weight is 227 g/mol. The first-order valence-corrected chi connectivity index (χ1v) is 6.28. The van der Waals surface area contributed by atoms with Crippen LogP contribution in [0.4, 0.5) is 0 Å². The molecule has 2 aliphatic rings. The summed E-state index contributed by atoms with van der Waals surface area (Å²) in [6.07, 6.45) is 6.44. The monoisotopic (exact) mass is 227 g/mol. The third-order valence-electron chi connectivity index (χ3n) is 3.59. The summed E-state index contributed by atoms with van der Waals surface area (Å²) in [7, 11) is 0. The van der Waals surface area contributed by atoms with Crippen LogP contribution < -0.4 is 5.73 Å². The molecule has 2 rings (SSSR count). The first-order chi connectivity index (χ1) is 7.71. The molecular weight excluding hydrogens is 206 g/mol. The molecule has 0 aromatic rings. The number of ether oxygens (including phenoxy) is 2. The fourth-order valence-electron chi connectivity index (χ4n) is 2.45. The summed E-state index contributed by atoms with van der Waals surface area (Å²) in [5.41, 5.74) is 5.40. The van der Waals surface area contributed by atoms with E-state index in [-0.39, 0.29) is 12.1 Å². The second kappa shape index (κ2) is 5.15. The lowest BCUT2D eigenvalue weighted by molar-refractivity contribution is -0.161. The van der Waals surface area contributed by atoms with Gasteiger partial charge in [-0.15, -0.1) is 0 Å². The number of carbonyl (C=O) groups excluding carboxylic acids is 1. The molecule has 0 atom stereocenters. The minimum atomic E-state index is -0.712. The predicted octanol–water partition coefficient (Wildman–Crippen LogP) is 1.37. The van der Waals surface area contributed by atoms with Gasteiger partial charge in [-0.05, 0) is 12.8 Å². The van der Waals surface area contributed by atoms with Gasteiger partial charge < -0.3 is 15.2 Å². The Balaban J connectivity index is 1.85. The lowest BCUT2D eigenvalue weighted by Crippen LogP contribution is -2.51. The van der Waals surface area contributed by atoms with Crippen LogP contribution in [0.5, 0.6) is 0 Å². The molecule has 16 heavy (non-hydrogen) atoms. The number of carbonyl (C=O) groups is 1. The van der Waals surface area contributed by atoms with Crippen LogP contribution in [0, 0.1) is 0 Å². The number of nitrogens with two attached hydrogens (primary N) is 1. The van der Waals surface area contributed by atoms with Gasteiger partial charge in [0.05, 0.1) is 13.2 Å². The van der Waals surface area contributed by atoms with Crippen LogP contribution >= 0.6 is 0 Å². The van der Waals surface area contributed by atoms with E-state index in [4.69, 9.17) is 15.2 Å². The zero-order chi connectivity index (χ0) is 11.4. The SMILES string of the molecule is NC1(C(=O)OC2CCOCC2)CCCCC1. The molecule has 1 aliphatic heterocycles. The van der Waals surface area contributed by atoms with Crippen molar-refractivity contribution in [2.45, 2.75) is 56.6 Å². The Morgan fingerprint density at radius 2 is 1.81 bits per heavy atom. The number of hydrogen-bond donors (Lipinski definition) is 1. The molecule has 2 fully saturated rings. The van der Waals surface area contributed by atoms with Crippen molar-refractivity contribution in [3.05, 3.63) is 0 Å². The Kier molecular flexibility index (Phi) is 3.82. The second-order valence-corrected chi connectivity index (χ2v) is 4.93. The molecule has 1 heterocycles. The summed E-state index contributed by atoms with van der Waals surface area (Å²) >= 11 is 0. The van der Waals surface area contributed by atoms with Crippen LogP contribution in [-0.2, 0) is 14.3 Å². The van der Waals surface area contributed by atoms with E-state index in [1.807, 2.05) is 0 Å². The molecule has 0 radical (unpaired) electrons. The van der Waals surface area contributed by atoms with Crippen molar-refractivity contribution < 1.29 is 14.3 Å². The fourth-order valence-corrected chi connectivity index (χ4v) is 2.45. The van der Waals surface area contributed by atoms with Crippen LogP contribution in [0.2, 0.25) is 0 Å². The zero-order valence-corrected chi connectivity index (χ0v) is 9.74. The summed E-state index contributed by atoms with van der Waals surface area (Å²) in [6.45, 7) is 1.38. The highest BCUT2D eigenvalue weighted by molar-refractivity contribution is 5.80. The first kappa shape index (κ1) is 11.9. The second-order valence-electron chi connectivity index (χ2n) is 4.93. The van der Waals surface area contributed by atoms with Crippen molar-refractivity contribution >= 4 is 5.97 Å². The van der Waals surface area contributed by atoms with E-state index in [2.05, 4.69) is 0 Å². The molecule has 1 aliphatic carbocycles. The number of esters is 1. The Bertz CT molecular complexity index is 243. The van der Waals surface area contributed by atoms with Crippen molar-refractivity contribution in [2.75, 3.05) is 13.2 Å². The number of rotatable bonds is 2. The largest absolute Gasteiger partial charge is 0.461 e. The van der Waals surface area contributed by atoms with Crippen molar-refractivity contribution in [1.82, 2.24) is 0 Å². The average Bonchev–Trinajstić information content (AvgIpc) is 2.31. The summed E-state index contributed by atoms with van der Waals surface area (Å²) in [5.74, 6) is -0.195. The predicted molar refractivity (Wildman–Crippen MR) is 59.9 cm³/mol. The minimum absolute atomic E-state index is 0.0172. The van der Waals surface area contributed by atoms with E-state index in [1.54, 1.807) is 0 Å². The highest BCUT2D eigenvalue weighted by Gasteiger charge is 2.38. The zero-order valence-electron chi connectivity index (χ0n) is 9.74. The van der Waals surface area contributed by atoms with Crippen LogP contribution in [0.15, 0.2) is 0 Å². The standard InChI is InChI=1S/C12H21NO3/c13-12(6-2-1-3-7-12)11(14)16-10-4-8-15-9-5-10/h10H,1-9,13H2. The lowest BCUT2D eigenvalue weighted by atomic mass is 9.82. The van der Waals surface area contributed by atoms with Gasteiger partial charge in [0.1, 0.15) is 11.6 Å². The Hall–Kier alpha value is -0.610. The number of hydrogen-bond acceptors (Lipinski definition) is 4. The van der Waals surface area contributed by atoms with Crippen LogP contribution in [0.1, 0.15) is 44.9 Å². The van der Waals surface area contributed by atoms with E-state index in [0.717, 1.165) is 38.5 Å². The fraction of sp³-hybridized carbons (Fsp3) is 0.917. The van der Waals surface area contributed by atoms with E-state index >= 15 is 0 Å². The molecule has 0 aromatic carbocycles. The molecule has 92 valence electrons. The smallest absolute Gasteiger partial charge is 0.326 e. The van der Waals surface area contributed by atoms with Gasteiger partial charge in [-0.2, -0.15) is 0 Å². The minimum Gasteiger partial charge on any atom is -0.461 e. The maximum atomic E-state index is 12.0. The van der Waals surface area contributed by atoms with Crippen molar-refractivity contribution in [3.63, 3.8) is 0 Å². The quantitative estimate of drug-likeness (QED) is 0.724. The van der Waals surface area contributed by atoms with Crippen molar-refractivity contribution in [2.24, 2.45) is 5.73 Å². The highest BCUT2D eigenvalue weighted by Crippen LogP contribution is 2.28. The van der Waals surface area contributed by atoms with Crippen molar-refractivity contribution in [3.8, 4) is 0 Å². The topological polar surface area (TPSA) is 61.6 Å². The van der Waals surface area contributed by atoms with Crippen molar-refractivity contribution in [1.29, 1.82) is 0 Å². The summed E-state index contributed by atoms with van der Waals surface area (Å²) in [4.78, 5) is 12.0. The van der Waals surface area contributed by atoms with Gasteiger partial charge in [-0.1, -0.05) is 19.3 Å². The first-order valence-electron chi connectivity index (χ1n) is 6.28. The molecule has 0 amide bonds. The van der Waals surface area contributed by atoms with E-state index < -0.39 is 5.54 Å². The maximum absolute atomic E-state index is 12.0. The van der Waals surface area contributed by atoms with Gasteiger partial charge in [0, 0.05) is 12.8 Å². The molecule has 0 unspecified atom stereocenters. The Labute approximate surface area is 96.5 Å². The molecule has 0 spiro atoms. The maximum Gasteiger partial charge on any atom is 0.326 e. The molecule has 0 bridgehead atoms. The summed E-state index contributed by atoms with van der Waals surface area (Å²) in [6, 6.07) is 0. The molecule has 4 nitrogen and oxygen atoms in total. The van der Waals surface area contributed by atoms with E-state index in [1.165, 1.54) is 6.42 Å². The van der Waals surface area contributed by atoms with Gasteiger partial charge in [-0.3, -0.25) is 4.79 Å². The normalized spacial score (nSPS) is 26.3. The summed E-state index contributed by atoms with van der Waals surface area (Å²) in [5, 5.41) is 0. The van der Waals surface area contributed by atoms with Gasteiger partial charge >= 0.3 is 5.97 Å². The van der Waals surface area contributed by atoms with Gasteiger partial charge in [0.2, 0.25) is 0 Å². The highest BCUT2D eigenvalue weighted by atomic mass is 16.6. The van der Waals surface area contributed by atoms with Gasteiger partial charge in [0.15, 0.2) is 0 Å². The molecular formula is C12H21NO3. The van der Waals surface area contributed by atoms with Crippen LogP contribution in [-0.4, -0.2) is 30.8 Å². The molecule has 1 saturated heterocycles. The summed E-state index contributed by atoms with van der Waals surface area (Å²) < 4.78 is 10.7. The molecule has 2 N–H and O–H groups in total.